The standard InChI is InChI=1S/C17H26FNO2/c1-20-9-8-19-11-16(13-21-12-15-2-3-15)10-14-4-6-17(18)7-5-14/h4-7,15-16,19H,2-3,8-13H2,1H3. The number of halogens is 1. The minimum absolute atomic E-state index is 0.182. The Morgan fingerprint density at radius 1 is 1.29 bits per heavy atom. The van der Waals surface area contributed by atoms with Gasteiger partial charge in [0.2, 0.25) is 0 Å². The molecule has 1 aromatic carbocycles. The van der Waals surface area contributed by atoms with E-state index in [0.717, 1.165) is 44.2 Å². The number of hydrogen-bond donors (Lipinski definition) is 1. The number of methoxy groups -OCH3 is 1. The second-order valence-electron chi connectivity index (χ2n) is 5.87. The number of benzene rings is 1. The van der Waals surface area contributed by atoms with Gasteiger partial charge in [0.1, 0.15) is 5.82 Å². The molecule has 118 valence electrons. The van der Waals surface area contributed by atoms with Gasteiger partial charge in [-0.05, 0) is 48.8 Å². The highest BCUT2D eigenvalue weighted by Gasteiger charge is 2.21. The monoisotopic (exact) mass is 295 g/mol. The van der Waals surface area contributed by atoms with Crippen LogP contribution in [0.3, 0.4) is 0 Å². The molecule has 4 heteroatoms. The normalized spacial score (nSPS) is 16.1. The first-order valence-electron chi connectivity index (χ1n) is 7.79. The van der Waals surface area contributed by atoms with Crippen molar-refractivity contribution >= 4 is 0 Å². The molecule has 0 aliphatic heterocycles. The molecule has 0 heterocycles. The van der Waals surface area contributed by atoms with E-state index in [4.69, 9.17) is 9.47 Å². The lowest BCUT2D eigenvalue weighted by Gasteiger charge is -2.18. The van der Waals surface area contributed by atoms with Crippen LogP contribution >= 0.6 is 0 Å². The maximum atomic E-state index is 13.0. The lowest BCUT2D eigenvalue weighted by molar-refractivity contribution is 0.0898. The number of hydrogen-bond acceptors (Lipinski definition) is 3. The van der Waals surface area contributed by atoms with Crippen LogP contribution in [0.4, 0.5) is 4.39 Å². The Kier molecular flexibility index (Phi) is 7.13. The summed E-state index contributed by atoms with van der Waals surface area (Å²) in [5.41, 5.74) is 1.16. The Labute approximate surface area is 126 Å². The largest absolute Gasteiger partial charge is 0.383 e. The smallest absolute Gasteiger partial charge is 0.123 e. The van der Waals surface area contributed by atoms with Gasteiger partial charge >= 0.3 is 0 Å². The maximum absolute atomic E-state index is 13.0. The molecule has 0 spiro atoms. The first-order valence-corrected chi connectivity index (χ1v) is 7.79. The summed E-state index contributed by atoms with van der Waals surface area (Å²) >= 11 is 0. The van der Waals surface area contributed by atoms with E-state index >= 15 is 0 Å². The van der Waals surface area contributed by atoms with Crippen LogP contribution in [0.1, 0.15) is 18.4 Å². The number of ether oxygens (including phenoxy) is 2. The van der Waals surface area contributed by atoms with Crippen molar-refractivity contribution < 1.29 is 13.9 Å². The first-order chi connectivity index (χ1) is 10.3. The van der Waals surface area contributed by atoms with Crippen molar-refractivity contribution in [2.45, 2.75) is 19.3 Å². The van der Waals surface area contributed by atoms with Gasteiger partial charge in [0.15, 0.2) is 0 Å². The Balaban J connectivity index is 1.75. The third-order valence-corrected chi connectivity index (χ3v) is 3.76. The zero-order valence-electron chi connectivity index (χ0n) is 12.8. The van der Waals surface area contributed by atoms with Crippen LogP contribution < -0.4 is 5.32 Å². The average molecular weight is 295 g/mol. The van der Waals surface area contributed by atoms with Crippen molar-refractivity contribution in [3.8, 4) is 0 Å². The third kappa shape index (κ3) is 7.02. The molecule has 0 saturated heterocycles. The van der Waals surface area contributed by atoms with Gasteiger partial charge in [-0.2, -0.15) is 0 Å². The molecular weight excluding hydrogens is 269 g/mol. The van der Waals surface area contributed by atoms with Gasteiger partial charge in [-0.15, -0.1) is 0 Å². The molecule has 0 bridgehead atoms. The average Bonchev–Trinajstić information content (AvgIpc) is 3.30. The highest BCUT2D eigenvalue weighted by Crippen LogP contribution is 2.29. The minimum atomic E-state index is -0.182. The minimum Gasteiger partial charge on any atom is -0.383 e. The molecule has 1 fully saturated rings. The summed E-state index contributed by atoms with van der Waals surface area (Å²) in [6.45, 7) is 4.10. The molecule has 1 aliphatic rings. The van der Waals surface area contributed by atoms with E-state index in [1.165, 1.54) is 25.0 Å². The van der Waals surface area contributed by atoms with E-state index in [1.807, 2.05) is 12.1 Å². The van der Waals surface area contributed by atoms with Crippen molar-refractivity contribution in [3.05, 3.63) is 35.6 Å². The van der Waals surface area contributed by atoms with Crippen molar-refractivity contribution in [3.63, 3.8) is 0 Å². The molecule has 0 aromatic heterocycles. The Morgan fingerprint density at radius 2 is 2.05 bits per heavy atom. The van der Waals surface area contributed by atoms with E-state index in [1.54, 1.807) is 7.11 Å². The van der Waals surface area contributed by atoms with Crippen LogP contribution in [-0.4, -0.2) is 40.0 Å². The summed E-state index contributed by atoms with van der Waals surface area (Å²) in [6, 6.07) is 6.77. The fourth-order valence-corrected chi connectivity index (χ4v) is 2.31. The fourth-order valence-electron chi connectivity index (χ4n) is 2.31. The van der Waals surface area contributed by atoms with Gasteiger partial charge in [-0.3, -0.25) is 0 Å². The van der Waals surface area contributed by atoms with Gasteiger partial charge in [0, 0.05) is 26.8 Å². The van der Waals surface area contributed by atoms with Crippen LogP contribution in [-0.2, 0) is 15.9 Å². The van der Waals surface area contributed by atoms with Crippen molar-refractivity contribution in [1.29, 1.82) is 0 Å². The van der Waals surface area contributed by atoms with Crippen LogP contribution in [0.5, 0.6) is 0 Å². The van der Waals surface area contributed by atoms with Crippen molar-refractivity contribution in [2.24, 2.45) is 11.8 Å². The van der Waals surface area contributed by atoms with Crippen LogP contribution in [0.15, 0.2) is 24.3 Å². The predicted octanol–water partition coefficient (Wildman–Crippen LogP) is 2.65. The molecule has 1 aliphatic carbocycles. The van der Waals surface area contributed by atoms with E-state index in [2.05, 4.69) is 5.32 Å². The Morgan fingerprint density at radius 3 is 2.71 bits per heavy atom. The highest BCUT2D eigenvalue weighted by atomic mass is 19.1. The molecule has 0 radical (unpaired) electrons. The summed E-state index contributed by atoms with van der Waals surface area (Å²) in [6.07, 6.45) is 3.54. The van der Waals surface area contributed by atoms with E-state index in [0.29, 0.717) is 12.5 Å². The highest BCUT2D eigenvalue weighted by molar-refractivity contribution is 5.16. The molecule has 1 saturated carbocycles. The summed E-state index contributed by atoms with van der Waals surface area (Å²) in [5, 5.41) is 3.39. The van der Waals surface area contributed by atoms with Gasteiger partial charge < -0.3 is 14.8 Å². The van der Waals surface area contributed by atoms with Crippen LogP contribution in [0.2, 0.25) is 0 Å². The molecule has 1 aromatic rings. The second kappa shape index (κ2) is 9.13. The summed E-state index contributed by atoms with van der Waals surface area (Å²) in [5.74, 6) is 1.02. The van der Waals surface area contributed by atoms with Crippen molar-refractivity contribution in [2.75, 3.05) is 40.0 Å². The van der Waals surface area contributed by atoms with Crippen LogP contribution in [0, 0.1) is 17.7 Å². The lowest BCUT2D eigenvalue weighted by atomic mass is 10.00. The van der Waals surface area contributed by atoms with E-state index in [-0.39, 0.29) is 5.82 Å². The quantitative estimate of drug-likeness (QED) is 0.637. The maximum Gasteiger partial charge on any atom is 0.123 e. The lowest BCUT2D eigenvalue weighted by Crippen LogP contribution is -2.30. The Bertz CT molecular complexity index is 392. The predicted molar refractivity (Wildman–Crippen MR) is 81.9 cm³/mol. The summed E-state index contributed by atoms with van der Waals surface area (Å²) in [4.78, 5) is 0. The van der Waals surface area contributed by atoms with E-state index in [9.17, 15) is 4.39 Å². The molecule has 1 N–H and O–H groups in total. The van der Waals surface area contributed by atoms with Gasteiger partial charge in [0.05, 0.1) is 13.2 Å². The number of rotatable bonds is 11. The van der Waals surface area contributed by atoms with Crippen molar-refractivity contribution in [1.82, 2.24) is 5.32 Å². The Hall–Kier alpha value is -0.970. The first kappa shape index (κ1) is 16.4. The van der Waals surface area contributed by atoms with Gasteiger partial charge in [-0.25, -0.2) is 4.39 Å². The molecule has 1 atom stereocenters. The van der Waals surface area contributed by atoms with Gasteiger partial charge in [0.25, 0.3) is 0 Å². The molecule has 0 amide bonds. The van der Waals surface area contributed by atoms with Crippen LogP contribution in [0.25, 0.3) is 0 Å². The SMILES string of the molecule is COCCNCC(COCC1CC1)Cc1ccc(F)cc1. The zero-order chi connectivity index (χ0) is 14.9. The fraction of sp³-hybridized carbons (Fsp3) is 0.647. The van der Waals surface area contributed by atoms with E-state index < -0.39 is 0 Å². The zero-order valence-corrected chi connectivity index (χ0v) is 12.8. The molecule has 3 nitrogen and oxygen atoms in total. The molecule has 2 rings (SSSR count). The third-order valence-electron chi connectivity index (χ3n) is 3.76. The summed E-state index contributed by atoms with van der Waals surface area (Å²) < 4.78 is 23.8. The molecular formula is C17H26FNO2. The summed E-state index contributed by atoms with van der Waals surface area (Å²) in [7, 11) is 1.70. The van der Waals surface area contributed by atoms with Gasteiger partial charge in [-0.1, -0.05) is 12.1 Å². The topological polar surface area (TPSA) is 30.5 Å². The number of nitrogens with one attached hydrogen (secondary N) is 1. The second-order valence-corrected chi connectivity index (χ2v) is 5.87. The molecule has 1 unspecified atom stereocenters. The molecule has 21 heavy (non-hydrogen) atoms.